The Morgan fingerprint density at radius 2 is 2.00 bits per heavy atom. The Morgan fingerprint density at radius 3 is 2.72 bits per heavy atom. The number of benzene rings is 2. The summed E-state index contributed by atoms with van der Waals surface area (Å²) in [6, 6.07) is 11.7. The second-order valence-electron chi connectivity index (χ2n) is 4.96. The van der Waals surface area contributed by atoms with Crippen LogP contribution in [0.15, 0.2) is 59.6 Å². The van der Waals surface area contributed by atoms with E-state index in [2.05, 4.69) is 33.1 Å². The zero-order valence-corrected chi connectivity index (χ0v) is 15.6. The van der Waals surface area contributed by atoms with Gasteiger partial charge in [-0.15, -0.1) is 6.58 Å². The highest BCUT2D eigenvalue weighted by Crippen LogP contribution is 2.28. The van der Waals surface area contributed by atoms with E-state index in [4.69, 9.17) is 16.3 Å². The molecule has 2 N–H and O–H groups in total. The molecule has 5 nitrogen and oxygen atoms in total. The number of hydrogen-bond acceptors (Lipinski definition) is 3. The average Bonchev–Trinajstić information content (AvgIpc) is 2.59. The molecule has 0 saturated heterocycles. The molecule has 0 atom stereocenters. The number of halogens is 2. The van der Waals surface area contributed by atoms with Crippen molar-refractivity contribution >= 4 is 45.0 Å². The Bertz CT molecular complexity index is 796. The molecule has 0 saturated carbocycles. The van der Waals surface area contributed by atoms with Gasteiger partial charge < -0.3 is 15.4 Å². The van der Waals surface area contributed by atoms with Crippen LogP contribution in [0.2, 0.25) is 5.02 Å². The molecular weight excluding hydrogens is 408 g/mol. The lowest BCUT2D eigenvalue weighted by Gasteiger charge is -2.12. The molecule has 0 aliphatic carbocycles. The number of hydrogen-bond donors (Lipinski definition) is 2. The summed E-state index contributed by atoms with van der Waals surface area (Å²) in [6.45, 7) is 3.69. The Balaban J connectivity index is 2.00. The number of para-hydroxylation sites is 1. The van der Waals surface area contributed by atoms with Crippen LogP contribution in [-0.4, -0.2) is 25.0 Å². The van der Waals surface area contributed by atoms with Gasteiger partial charge in [-0.1, -0.05) is 29.8 Å². The molecule has 0 bridgehead atoms. The maximum Gasteiger partial charge on any atom is 0.262 e. The number of anilines is 1. The van der Waals surface area contributed by atoms with Crippen LogP contribution < -0.4 is 15.4 Å². The van der Waals surface area contributed by atoms with Gasteiger partial charge in [0.1, 0.15) is 5.75 Å². The number of carbonyl (C=O) groups is 2. The van der Waals surface area contributed by atoms with E-state index in [-0.39, 0.29) is 18.4 Å². The maximum absolute atomic E-state index is 12.1. The fraction of sp³-hybridized carbons (Fsp3) is 0.111. The van der Waals surface area contributed by atoms with Crippen LogP contribution in [0.1, 0.15) is 10.4 Å². The van der Waals surface area contributed by atoms with E-state index in [1.54, 1.807) is 48.5 Å². The summed E-state index contributed by atoms with van der Waals surface area (Å²) >= 11 is 9.18. The van der Waals surface area contributed by atoms with Crippen LogP contribution in [0, 0.1) is 0 Å². The van der Waals surface area contributed by atoms with Crippen molar-refractivity contribution in [3.63, 3.8) is 0 Å². The third-order valence-electron chi connectivity index (χ3n) is 3.11. The van der Waals surface area contributed by atoms with Crippen molar-refractivity contribution in [2.75, 3.05) is 18.5 Å². The molecule has 0 aliphatic heterocycles. The van der Waals surface area contributed by atoms with Gasteiger partial charge in [-0.05, 0) is 46.3 Å². The molecule has 2 aromatic carbocycles. The third kappa shape index (κ3) is 5.62. The number of carbonyl (C=O) groups excluding carboxylic acids is 2. The minimum Gasteiger partial charge on any atom is -0.483 e. The van der Waals surface area contributed by atoms with Crippen molar-refractivity contribution in [1.82, 2.24) is 5.32 Å². The van der Waals surface area contributed by atoms with Gasteiger partial charge in [0.2, 0.25) is 0 Å². The predicted octanol–water partition coefficient (Wildman–Crippen LogP) is 4.04. The number of rotatable bonds is 7. The van der Waals surface area contributed by atoms with Gasteiger partial charge in [-0.3, -0.25) is 9.59 Å². The lowest BCUT2D eigenvalue weighted by molar-refractivity contribution is -0.118. The molecule has 0 fully saturated rings. The predicted molar refractivity (Wildman–Crippen MR) is 102 cm³/mol. The Morgan fingerprint density at radius 1 is 1.24 bits per heavy atom. The van der Waals surface area contributed by atoms with Gasteiger partial charge in [-0.2, -0.15) is 0 Å². The average molecular weight is 424 g/mol. The molecule has 2 amide bonds. The van der Waals surface area contributed by atoms with Crippen molar-refractivity contribution in [3.8, 4) is 5.75 Å². The van der Waals surface area contributed by atoms with Gasteiger partial charge >= 0.3 is 0 Å². The molecule has 130 valence electrons. The SMILES string of the molecule is C=CCNC(=O)c1ccccc1NC(=O)COc1ccc(Cl)cc1Br. The van der Waals surface area contributed by atoms with Crippen molar-refractivity contribution < 1.29 is 14.3 Å². The molecule has 0 radical (unpaired) electrons. The molecule has 2 aromatic rings. The normalized spacial score (nSPS) is 10.0. The summed E-state index contributed by atoms with van der Waals surface area (Å²) in [6.07, 6.45) is 1.58. The van der Waals surface area contributed by atoms with Crippen LogP contribution in [-0.2, 0) is 4.79 Å². The largest absolute Gasteiger partial charge is 0.483 e. The van der Waals surface area contributed by atoms with Crippen molar-refractivity contribution in [2.24, 2.45) is 0 Å². The van der Waals surface area contributed by atoms with Gasteiger partial charge in [-0.25, -0.2) is 0 Å². The quantitative estimate of drug-likeness (QED) is 0.661. The minimum atomic E-state index is -0.383. The van der Waals surface area contributed by atoms with Crippen LogP contribution in [0.5, 0.6) is 5.75 Å². The maximum atomic E-state index is 12.1. The first kappa shape index (κ1) is 19.0. The highest BCUT2D eigenvalue weighted by atomic mass is 79.9. The van der Waals surface area contributed by atoms with Crippen LogP contribution >= 0.6 is 27.5 Å². The summed E-state index contributed by atoms with van der Waals surface area (Å²) in [5.74, 6) is -0.181. The molecule has 0 spiro atoms. The number of amides is 2. The first-order valence-corrected chi connectivity index (χ1v) is 8.54. The summed E-state index contributed by atoms with van der Waals surface area (Å²) < 4.78 is 6.11. The van der Waals surface area contributed by atoms with E-state index in [9.17, 15) is 9.59 Å². The Hall–Kier alpha value is -2.31. The number of ether oxygens (including phenoxy) is 1. The highest BCUT2D eigenvalue weighted by molar-refractivity contribution is 9.10. The number of nitrogens with one attached hydrogen (secondary N) is 2. The molecule has 0 unspecified atom stereocenters. The van der Waals surface area contributed by atoms with Crippen molar-refractivity contribution in [1.29, 1.82) is 0 Å². The smallest absolute Gasteiger partial charge is 0.262 e. The minimum absolute atomic E-state index is 0.206. The molecule has 0 aromatic heterocycles. The molecule has 0 aliphatic rings. The van der Waals surface area contributed by atoms with Gasteiger partial charge in [0, 0.05) is 11.6 Å². The third-order valence-corrected chi connectivity index (χ3v) is 3.96. The molecular formula is C18H16BrClN2O3. The van der Waals surface area contributed by atoms with Crippen LogP contribution in [0.25, 0.3) is 0 Å². The van der Waals surface area contributed by atoms with E-state index in [1.807, 2.05) is 0 Å². The molecule has 0 heterocycles. The van der Waals surface area contributed by atoms with Gasteiger partial charge in [0.25, 0.3) is 11.8 Å². The fourth-order valence-electron chi connectivity index (χ4n) is 1.97. The topological polar surface area (TPSA) is 67.4 Å². The summed E-state index contributed by atoms with van der Waals surface area (Å²) in [5, 5.41) is 5.91. The second-order valence-corrected chi connectivity index (χ2v) is 6.25. The van der Waals surface area contributed by atoms with E-state index < -0.39 is 0 Å². The molecule has 25 heavy (non-hydrogen) atoms. The van der Waals surface area contributed by atoms with E-state index in [0.29, 0.717) is 33.0 Å². The molecule has 2 rings (SSSR count). The lowest BCUT2D eigenvalue weighted by atomic mass is 10.1. The zero-order valence-electron chi connectivity index (χ0n) is 13.2. The fourth-order valence-corrected chi connectivity index (χ4v) is 2.77. The van der Waals surface area contributed by atoms with E-state index >= 15 is 0 Å². The summed E-state index contributed by atoms with van der Waals surface area (Å²) in [4.78, 5) is 24.2. The first-order valence-electron chi connectivity index (χ1n) is 7.37. The summed E-state index contributed by atoms with van der Waals surface area (Å²) in [5.41, 5.74) is 0.776. The van der Waals surface area contributed by atoms with Crippen molar-refractivity contribution in [2.45, 2.75) is 0 Å². The lowest BCUT2D eigenvalue weighted by Crippen LogP contribution is -2.26. The zero-order chi connectivity index (χ0) is 18.2. The summed E-state index contributed by atoms with van der Waals surface area (Å²) in [7, 11) is 0. The van der Waals surface area contributed by atoms with Gasteiger partial charge in [0.05, 0.1) is 15.7 Å². The first-order chi connectivity index (χ1) is 12.0. The monoisotopic (exact) mass is 422 g/mol. The van der Waals surface area contributed by atoms with E-state index in [1.165, 1.54) is 0 Å². The second kappa shape index (κ2) is 9.25. The molecule has 7 heteroatoms. The van der Waals surface area contributed by atoms with E-state index in [0.717, 1.165) is 0 Å². The van der Waals surface area contributed by atoms with Crippen LogP contribution in [0.4, 0.5) is 5.69 Å². The standard InChI is InChI=1S/C18H16BrClN2O3/c1-2-9-21-18(24)13-5-3-4-6-15(13)22-17(23)11-25-16-8-7-12(20)10-14(16)19/h2-8,10H,1,9,11H2,(H,21,24)(H,22,23). The highest BCUT2D eigenvalue weighted by Gasteiger charge is 2.13. The van der Waals surface area contributed by atoms with Gasteiger partial charge in [0.15, 0.2) is 6.61 Å². The van der Waals surface area contributed by atoms with Crippen molar-refractivity contribution in [3.05, 3.63) is 70.2 Å². The Kier molecular flexibility index (Phi) is 7.03. The van der Waals surface area contributed by atoms with Crippen LogP contribution in [0.3, 0.4) is 0 Å². The Labute approximate surface area is 159 Å².